The molecule has 4 N–H and O–H groups in total. The molecule has 0 saturated carbocycles. The van der Waals surface area contributed by atoms with Crippen LogP contribution in [0.1, 0.15) is 20.3 Å². The topological polar surface area (TPSA) is 73.8 Å². The van der Waals surface area contributed by atoms with E-state index in [1.54, 1.807) is 6.92 Å². The molecule has 50 valence electrons. The van der Waals surface area contributed by atoms with Crippen molar-refractivity contribution in [3.05, 3.63) is 5.21 Å². The van der Waals surface area contributed by atoms with E-state index in [1.807, 2.05) is 0 Å². The molecule has 4 nitrogen and oxygen atoms in total. The Morgan fingerprint density at radius 3 is 2.25 bits per heavy atom. The SMILES string of the molecule is CCC(C)(N)[NH+]([O-])O. The van der Waals surface area contributed by atoms with Crippen molar-refractivity contribution in [1.82, 2.24) is 0 Å². The molecule has 0 aliphatic rings. The van der Waals surface area contributed by atoms with Crippen LogP contribution >= 0.6 is 0 Å². The van der Waals surface area contributed by atoms with Gasteiger partial charge in [0, 0.05) is 13.3 Å². The molecular formula is C4H12N2O2. The predicted octanol–water partition coefficient (Wildman–Crippen LogP) is -1.16. The van der Waals surface area contributed by atoms with Crippen LogP contribution < -0.4 is 11.0 Å². The molecule has 0 aromatic carbocycles. The monoisotopic (exact) mass is 120 g/mol. The highest BCUT2D eigenvalue weighted by molar-refractivity contribution is 4.57. The van der Waals surface area contributed by atoms with Gasteiger partial charge in [0.15, 0.2) is 5.66 Å². The van der Waals surface area contributed by atoms with Gasteiger partial charge in [-0.1, -0.05) is 6.92 Å². The molecule has 0 bridgehead atoms. The Morgan fingerprint density at radius 2 is 2.25 bits per heavy atom. The highest BCUT2D eigenvalue weighted by atomic mass is 16.8. The van der Waals surface area contributed by atoms with Gasteiger partial charge in [-0.3, -0.25) is 5.73 Å². The van der Waals surface area contributed by atoms with Gasteiger partial charge in [0.1, 0.15) is 0 Å². The zero-order valence-corrected chi connectivity index (χ0v) is 5.14. The number of hydrogen-bond acceptors (Lipinski definition) is 3. The summed E-state index contributed by atoms with van der Waals surface area (Å²) in [6, 6.07) is 0. The molecule has 0 heterocycles. The summed E-state index contributed by atoms with van der Waals surface area (Å²) in [4.78, 5) is 0. The number of hydroxylamine groups is 2. The van der Waals surface area contributed by atoms with Gasteiger partial charge < -0.3 is 5.21 Å². The molecule has 0 aliphatic carbocycles. The summed E-state index contributed by atoms with van der Waals surface area (Å²) in [6.07, 6.45) is 0.461. The summed E-state index contributed by atoms with van der Waals surface area (Å²) in [5, 5.41) is 17.5. The minimum absolute atomic E-state index is 0.461. The first-order valence-corrected chi connectivity index (χ1v) is 2.53. The van der Waals surface area contributed by atoms with E-state index in [0.29, 0.717) is 6.42 Å². The van der Waals surface area contributed by atoms with Crippen LogP contribution in [0.15, 0.2) is 0 Å². The van der Waals surface area contributed by atoms with Crippen LogP contribution in [0.25, 0.3) is 0 Å². The number of hydrogen-bond donors (Lipinski definition) is 3. The van der Waals surface area contributed by atoms with Crippen molar-refractivity contribution in [2.24, 2.45) is 5.73 Å². The summed E-state index contributed by atoms with van der Waals surface area (Å²) < 4.78 is 0. The van der Waals surface area contributed by atoms with E-state index in [0.717, 1.165) is 0 Å². The largest absolute Gasteiger partial charge is 0.599 e. The number of nitrogens with one attached hydrogen (secondary N) is 1. The molecule has 2 unspecified atom stereocenters. The smallest absolute Gasteiger partial charge is 0.175 e. The summed E-state index contributed by atoms with van der Waals surface area (Å²) in [6.45, 7) is 3.24. The van der Waals surface area contributed by atoms with Gasteiger partial charge in [0.25, 0.3) is 0 Å². The van der Waals surface area contributed by atoms with Gasteiger partial charge in [-0.15, -0.1) is 0 Å². The standard InChI is InChI=1S/C4H12N2O2/c1-3-4(2,5)6(7)8/h6-7H,3,5H2,1-2H3. The lowest BCUT2D eigenvalue weighted by molar-refractivity contribution is -1.09. The fourth-order valence-electron chi connectivity index (χ4n) is 0.151. The molecule has 0 rings (SSSR count). The highest BCUT2D eigenvalue weighted by Gasteiger charge is 2.21. The van der Waals surface area contributed by atoms with E-state index in [1.165, 1.54) is 6.92 Å². The van der Waals surface area contributed by atoms with Crippen molar-refractivity contribution in [2.45, 2.75) is 25.9 Å². The Hall–Kier alpha value is -0.160. The average molecular weight is 120 g/mol. The first-order chi connectivity index (χ1) is 3.50. The predicted molar refractivity (Wildman–Crippen MR) is 29.0 cm³/mol. The molecule has 2 atom stereocenters. The van der Waals surface area contributed by atoms with Crippen molar-refractivity contribution in [3.8, 4) is 0 Å². The van der Waals surface area contributed by atoms with Crippen LogP contribution in [0.5, 0.6) is 0 Å². The second-order valence-electron chi connectivity index (χ2n) is 2.08. The van der Waals surface area contributed by atoms with Crippen LogP contribution in [0.3, 0.4) is 0 Å². The second-order valence-corrected chi connectivity index (χ2v) is 2.08. The van der Waals surface area contributed by atoms with Crippen LogP contribution in [0, 0.1) is 5.21 Å². The van der Waals surface area contributed by atoms with Crippen LogP contribution in [-0.4, -0.2) is 10.9 Å². The minimum Gasteiger partial charge on any atom is -0.599 e. The number of quaternary nitrogens is 1. The van der Waals surface area contributed by atoms with Crippen molar-refractivity contribution < 1.29 is 10.4 Å². The first kappa shape index (κ1) is 7.84. The quantitative estimate of drug-likeness (QED) is 0.318. The van der Waals surface area contributed by atoms with Crippen molar-refractivity contribution in [2.75, 3.05) is 0 Å². The van der Waals surface area contributed by atoms with E-state index in [-0.39, 0.29) is 0 Å². The molecule has 4 heteroatoms. The maximum absolute atomic E-state index is 10.1. The molecule has 0 fully saturated rings. The molecule has 0 radical (unpaired) electrons. The normalized spacial score (nSPS) is 22.1. The molecule has 0 spiro atoms. The van der Waals surface area contributed by atoms with E-state index in [2.05, 4.69) is 0 Å². The van der Waals surface area contributed by atoms with Crippen LogP contribution in [0.4, 0.5) is 0 Å². The summed E-state index contributed by atoms with van der Waals surface area (Å²) >= 11 is 0. The second kappa shape index (κ2) is 2.41. The zero-order valence-electron chi connectivity index (χ0n) is 5.14. The van der Waals surface area contributed by atoms with E-state index in [9.17, 15) is 5.21 Å². The van der Waals surface area contributed by atoms with Gasteiger partial charge >= 0.3 is 0 Å². The van der Waals surface area contributed by atoms with Crippen molar-refractivity contribution >= 4 is 0 Å². The Bertz CT molecular complexity index is 72.4. The Labute approximate surface area is 48.4 Å². The maximum atomic E-state index is 10.1. The fraction of sp³-hybridized carbons (Fsp3) is 1.00. The third-order valence-corrected chi connectivity index (χ3v) is 1.22. The van der Waals surface area contributed by atoms with Gasteiger partial charge in [0.05, 0.1) is 0 Å². The Morgan fingerprint density at radius 1 is 1.88 bits per heavy atom. The molecular weight excluding hydrogens is 108 g/mol. The number of nitrogens with two attached hydrogens (primary N) is 1. The lowest BCUT2D eigenvalue weighted by Crippen LogP contribution is -3.15. The first-order valence-electron chi connectivity index (χ1n) is 2.53. The van der Waals surface area contributed by atoms with Gasteiger partial charge in [-0.05, 0) is 0 Å². The van der Waals surface area contributed by atoms with E-state index < -0.39 is 10.9 Å². The third kappa shape index (κ3) is 1.75. The van der Waals surface area contributed by atoms with E-state index in [4.69, 9.17) is 10.9 Å². The lowest BCUT2D eigenvalue weighted by atomic mass is 10.2. The van der Waals surface area contributed by atoms with Gasteiger partial charge in [-0.25, -0.2) is 10.4 Å². The summed E-state index contributed by atoms with van der Waals surface area (Å²) in [5.41, 5.74) is 4.22. The minimum atomic E-state index is -1.04. The lowest BCUT2D eigenvalue weighted by Gasteiger charge is -2.29. The van der Waals surface area contributed by atoms with Crippen LogP contribution in [0.2, 0.25) is 0 Å². The molecule has 8 heavy (non-hydrogen) atoms. The third-order valence-electron chi connectivity index (χ3n) is 1.22. The van der Waals surface area contributed by atoms with E-state index >= 15 is 0 Å². The Kier molecular flexibility index (Phi) is 2.36. The molecule has 0 aliphatic heterocycles. The average Bonchev–Trinajstić information content (AvgIpc) is 1.67. The summed E-state index contributed by atoms with van der Waals surface area (Å²) in [5.74, 6) is 0. The van der Waals surface area contributed by atoms with Gasteiger partial charge in [0.2, 0.25) is 0 Å². The highest BCUT2D eigenvalue weighted by Crippen LogP contribution is 1.90. The van der Waals surface area contributed by atoms with Crippen molar-refractivity contribution in [3.63, 3.8) is 0 Å². The Balaban J connectivity index is 3.71. The maximum Gasteiger partial charge on any atom is 0.175 e. The molecule has 0 amide bonds. The zero-order chi connectivity index (χ0) is 6.78. The fourth-order valence-corrected chi connectivity index (χ4v) is 0.151. The molecule has 0 aromatic rings. The van der Waals surface area contributed by atoms with Crippen molar-refractivity contribution in [1.29, 1.82) is 0 Å². The van der Waals surface area contributed by atoms with Gasteiger partial charge in [-0.2, -0.15) is 0 Å². The number of rotatable bonds is 2. The molecule has 0 aromatic heterocycles. The van der Waals surface area contributed by atoms with Crippen LogP contribution in [-0.2, 0) is 0 Å². The summed E-state index contributed by atoms with van der Waals surface area (Å²) in [7, 11) is 0. The molecule has 0 saturated heterocycles.